The molecule has 22 heavy (non-hydrogen) atoms. The Kier molecular flexibility index (Phi) is 6.48. The molecule has 1 atom stereocenters. The molecule has 0 aliphatic carbocycles. The van der Waals surface area contributed by atoms with Gasteiger partial charge in [-0.3, -0.25) is 3.07 Å². The normalized spacial score (nSPS) is 13.6. The average Bonchev–Trinajstić information content (AvgIpc) is 2.35. The Morgan fingerprint density at radius 2 is 1.77 bits per heavy atom. The quantitative estimate of drug-likeness (QED) is 0.705. The number of hydrogen-bond acceptors (Lipinski definition) is 3. The highest BCUT2D eigenvalue weighted by Crippen LogP contribution is 2.37. The molecule has 0 radical (unpaired) electrons. The number of amides is 1. The number of carbonyl (C=O) groups is 1. The lowest BCUT2D eigenvalue weighted by atomic mass is 10.1. The van der Waals surface area contributed by atoms with E-state index in [9.17, 15) is 18.0 Å². The van der Waals surface area contributed by atoms with Crippen molar-refractivity contribution in [3.8, 4) is 0 Å². The van der Waals surface area contributed by atoms with Crippen molar-refractivity contribution in [1.82, 2.24) is 5.32 Å². The minimum Gasteiger partial charge on any atom is -0.444 e. The van der Waals surface area contributed by atoms with Crippen LogP contribution in [0.1, 0.15) is 38.0 Å². The van der Waals surface area contributed by atoms with E-state index in [1.165, 1.54) is 47.3 Å². The van der Waals surface area contributed by atoms with Crippen molar-refractivity contribution in [3.05, 3.63) is 35.4 Å². The molecule has 1 amide bonds. The summed E-state index contributed by atoms with van der Waals surface area (Å²) in [6.07, 6.45) is -7.03. The van der Waals surface area contributed by atoms with E-state index in [0.29, 0.717) is 5.56 Å². The summed E-state index contributed by atoms with van der Waals surface area (Å²) < 4.78 is 47.7. The predicted molar refractivity (Wildman–Crippen MR) is 83.4 cm³/mol. The fourth-order valence-corrected chi connectivity index (χ4v) is 2.17. The molecule has 1 aromatic rings. The van der Waals surface area contributed by atoms with E-state index >= 15 is 0 Å². The van der Waals surface area contributed by atoms with Gasteiger partial charge in [-0.15, -0.1) is 0 Å². The first-order valence-electron chi connectivity index (χ1n) is 6.43. The topological polar surface area (TPSA) is 47.6 Å². The van der Waals surface area contributed by atoms with E-state index < -0.39 is 24.0 Å². The Balaban J connectivity index is 2.64. The van der Waals surface area contributed by atoms with Crippen LogP contribution in [-0.2, 0) is 14.3 Å². The third kappa shape index (κ3) is 6.39. The van der Waals surface area contributed by atoms with Crippen molar-refractivity contribution in [2.45, 2.75) is 45.2 Å². The van der Waals surface area contributed by atoms with E-state index in [-0.39, 0.29) is 12.1 Å². The first kappa shape index (κ1) is 19.0. The molecule has 0 aliphatic heterocycles. The second-order valence-corrected chi connectivity index (χ2v) is 6.12. The SMILES string of the molecule is CC(C)(C)OC(=O)NCc1ccc(C(OI)C(F)(F)F)cc1. The zero-order valence-corrected chi connectivity index (χ0v) is 14.5. The maximum atomic E-state index is 12.7. The number of halogens is 4. The second kappa shape index (κ2) is 7.49. The van der Waals surface area contributed by atoms with Crippen LogP contribution >= 0.6 is 23.0 Å². The summed E-state index contributed by atoms with van der Waals surface area (Å²) in [5.41, 5.74) is 0.0535. The second-order valence-electron chi connectivity index (χ2n) is 5.61. The van der Waals surface area contributed by atoms with Crippen LogP contribution in [0.5, 0.6) is 0 Å². The fourth-order valence-electron chi connectivity index (χ4n) is 1.59. The number of hydrogen-bond donors (Lipinski definition) is 1. The predicted octanol–water partition coefficient (Wildman–Crippen LogP) is 4.68. The summed E-state index contributed by atoms with van der Waals surface area (Å²) in [4.78, 5) is 11.5. The van der Waals surface area contributed by atoms with Crippen LogP contribution in [0.2, 0.25) is 0 Å². The Morgan fingerprint density at radius 3 is 2.18 bits per heavy atom. The molecule has 124 valence electrons. The first-order valence-corrected chi connectivity index (χ1v) is 7.31. The van der Waals surface area contributed by atoms with Gasteiger partial charge in [0.25, 0.3) is 0 Å². The summed E-state index contributed by atoms with van der Waals surface area (Å²) in [7, 11) is 0. The van der Waals surface area contributed by atoms with Crippen LogP contribution in [0.15, 0.2) is 24.3 Å². The van der Waals surface area contributed by atoms with Gasteiger partial charge in [0.05, 0.1) is 0 Å². The molecule has 0 heterocycles. The Morgan fingerprint density at radius 1 is 1.23 bits per heavy atom. The van der Waals surface area contributed by atoms with Gasteiger partial charge < -0.3 is 10.1 Å². The highest BCUT2D eigenvalue weighted by molar-refractivity contribution is 14.1. The van der Waals surface area contributed by atoms with Gasteiger partial charge in [-0.1, -0.05) is 24.3 Å². The molecule has 0 spiro atoms. The minimum absolute atomic E-state index is 0.00270. The molecule has 1 unspecified atom stereocenters. The zero-order chi connectivity index (χ0) is 17.0. The standard InChI is InChI=1S/C14H17F3INO3/c1-13(2,3)21-12(20)19-8-9-4-6-10(7-5-9)11(22-18)14(15,16)17/h4-7,11H,8H2,1-3H3,(H,19,20). The van der Waals surface area contributed by atoms with E-state index in [2.05, 4.69) is 8.38 Å². The van der Waals surface area contributed by atoms with Crippen molar-refractivity contribution in [2.75, 3.05) is 0 Å². The molecule has 8 heteroatoms. The van der Waals surface area contributed by atoms with Gasteiger partial charge in [0.15, 0.2) is 6.10 Å². The minimum atomic E-state index is -4.47. The van der Waals surface area contributed by atoms with Crippen LogP contribution in [0, 0.1) is 0 Å². The number of nitrogens with one attached hydrogen (secondary N) is 1. The molecule has 0 aliphatic rings. The van der Waals surface area contributed by atoms with Crippen molar-refractivity contribution < 1.29 is 25.8 Å². The van der Waals surface area contributed by atoms with Gasteiger partial charge in [0.2, 0.25) is 0 Å². The molecule has 4 nitrogen and oxygen atoms in total. The Labute approximate surface area is 141 Å². The van der Waals surface area contributed by atoms with Crippen LogP contribution in [0.4, 0.5) is 18.0 Å². The zero-order valence-electron chi connectivity index (χ0n) is 12.3. The molecule has 0 saturated carbocycles. The number of rotatable bonds is 4. The van der Waals surface area contributed by atoms with Gasteiger partial charge in [-0.25, -0.2) is 4.79 Å². The molecule has 1 N–H and O–H groups in total. The van der Waals surface area contributed by atoms with Gasteiger partial charge in [-0.05, 0) is 31.9 Å². The maximum Gasteiger partial charge on any atom is 0.419 e. The third-order valence-electron chi connectivity index (χ3n) is 2.50. The Hall–Kier alpha value is -1.03. The average molecular weight is 431 g/mol. The molecule has 0 fully saturated rings. The van der Waals surface area contributed by atoms with Crippen LogP contribution in [-0.4, -0.2) is 17.9 Å². The summed E-state index contributed by atoms with van der Waals surface area (Å²) in [5, 5.41) is 2.53. The molecule has 0 saturated heterocycles. The molecular weight excluding hydrogens is 414 g/mol. The number of benzene rings is 1. The van der Waals surface area contributed by atoms with Crippen molar-refractivity contribution >= 4 is 29.1 Å². The number of ether oxygens (including phenoxy) is 1. The van der Waals surface area contributed by atoms with E-state index in [1.807, 2.05) is 0 Å². The summed E-state index contributed by atoms with van der Waals surface area (Å²) in [6.45, 7) is 5.38. The molecule has 1 aromatic carbocycles. The van der Waals surface area contributed by atoms with E-state index in [1.54, 1.807) is 20.8 Å². The van der Waals surface area contributed by atoms with Gasteiger partial charge >= 0.3 is 12.3 Å². The summed E-state index contributed by atoms with van der Waals surface area (Å²) in [6, 6.07) is 5.65. The molecule has 0 bridgehead atoms. The van der Waals surface area contributed by atoms with Gasteiger partial charge in [-0.2, -0.15) is 13.2 Å². The maximum absolute atomic E-state index is 12.7. The summed E-state index contributed by atoms with van der Waals surface area (Å²) in [5.74, 6) is 0. The lowest BCUT2D eigenvalue weighted by Crippen LogP contribution is -2.32. The molecule has 0 aromatic heterocycles. The van der Waals surface area contributed by atoms with E-state index in [0.717, 1.165) is 0 Å². The monoisotopic (exact) mass is 431 g/mol. The van der Waals surface area contributed by atoms with Crippen molar-refractivity contribution in [1.29, 1.82) is 0 Å². The first-order chi connectivity index (χ1) is 10.0. The fraction of sp³-hybridized carbons (Fsp3) is 0.500. The summed E-state index contributed by atoms with van der Waals surface area (Å²) >= 11 is 1.23. The van der Waals surface area contributed by atoms with Crippen LogP contribution in [0.25, 0.3) is 0 Å². The smallest absolute Gasteiger partial charge is 0.419 e. The lowest BCUT2D eigenvalue weighted by molar-refractivity contribution is -0.189. The highest BCUT2D eigenvalue weighted by atomic mass is 127. The highest BCUT2D eigenvalue weighted by Gasteiger charge is 2.41. The Bertz CT molecular complexity index is 498. The van der Waals surface area contributed by atoms with Crippen LogP contribution in [0.3, 0.4) is 0 Å². The van der Waals surface area contributed by atoms with Gasteiger partial charge in [0, 0.05) is 6.54 Å². The lowest BCUT2D eigenvalue weighted by Gasteiger charge is -2.20. The van der Waals surface area contributed by atoms with Crippen molar-refractivity contribution in [2.24, 2.45) is 0 Å². The third-order valence-corrected chi connectivity index (χ3v) is 3.01. The largest absolute Gasteiger partial charge is 0.444 e. The van der Waals surface area contributed by atoms with Crippen LogP contribution < -0.4 is 5.32 Å². The number of alkyl halides is 3. The van der Waals surface area contributed by atoms with Gasteiger partial charge in [0.1, 0.15) is 28.6 Å². The number of alkyl carbamates (subject to hydrolysis) is 1. The number of carbonyl (C=O) groups excluding carboxylic acids is 1. The van der Waals surface area contributed by atoms with Crippen molar-refractivity contribution in [3.63, 3.8) is 0 Å². The molecular formula is C14H17F3INO3. The molecule has 1 rings (SSSR count). The van der Waals surface area contributed by atoms with E-state index in [4.69, 9.17) is 4.74 Å².